The first-order valence-electron chi connectivity index (χ1n) is 6.69. The number of nitrogens with zero attached hydrogens (tertiary/aromatic N) is 4. The molecule has 1 aromatic rings. The van der Waals surface area contributed by atoms with E-state index in [1.165, 1.54) is 0 Å². The lowest BCUT2D eigenvalue weighted by Crippen LogP contribution is -2.45. The van der Waals surface area contributed by atoms with Gasteiger partial charge in [-0.2, -0.15) is 16.9 Å². The molecule has 0 saturated carbocycles. The van der Waals surface area contributed by atoms with Crippen molar-refractivity contribution in [2.75, 3.05) is 45.7 Å². The molecule has 0 aliphatic carbocycles. The van der Waals surface area contributed by atoms with Gasteiger partial charge in [0.15, 0.2) is 5.78 Å². The molecule has 0 amide bonds. The van der Waals surface area contributed by atoms with Gasteiger partial charge in [0, 0.05) is 24.6 Å². The Morgan fingerprint density at radius 3 is 3.00 bits per heavy atom. The second-order valence-corrected chi connectivity index (χ2v) is 6.86. The first kappa shape index (κ1) is 15.8. The average Bonchev–Trinajstić information content (AvgIpc) is 2.77. The molecule has 0 bridgehead atoms. The van der Waals surface area contributed by atoms with Gasteiger partial charge in [-0.3, -0.25) is 14.4 Å². The van der Waals surface area contributed by atoms with E-state index in [1.807, 2.05) is 32.9 Å². The number of carbonyl (C=O) groups excluding carboxylic acids is 1. The van der Waals surface area contributed by atoms with Crippen LogP contribution in [0.4, 0.5) is 0 Å². The van der Waals surface area contributed by atoms with Crippen molar-refractivity contribution in [3.05, 3.63) is 16.9 Å². The summed E-state index contributed by atoms with van der Waals surface area (Å²) >= 11 is 8.00. The van der Waals surface area contributed by atoms with E-state index in [2.05, 4.69) is 14.9 Å². The lowest BCUT2D eigenvalue weighted by atomic mass is 10.1. The highest BCUT2D eigenvalue weighted by Crippen LogP contribution is 2.23. The Balaban J connectivity index is 2.18. The van der Waals surface area contributed by atoms with Crippen LogP contribution in [0.5, 0.6) is 0 Å². The quantitative estimate of drug-likeness (QED) is 0.767. The maximum Gasteiger partial charge on any atom is 0.200 e. The number of thioether (sulfide) groups is 1. The van der Waals surface area contributed by atoms with Gasteiger partial charge in [0.2, 0.25) is 0 Å². The normalized spacial score (nSPS) is 20.6. The Morgan fingerprint density at radius 1 is 1.60 bits per heavy atom. The minimum atomic E-state index is -0.0962. The van der Waals surface area contributed by atoms with Crippen LogP contribution in [0.1, 0.15) is 10.5 Å². The monoisotopic (exact) mass is 316 g/mol. The van der Waals surface area contributed by atoms with Gasteiger partial charge < -0.3 is 4.90 Å². The Hall–Kier alpha value is -0.560. The number of carbonyl (C=O) groups is 1. The van der Waals surface area contributed by atoms with Crippen molar-refractivity contribution < 1.29 is 4.79 Å². The fourth-order valence-electron chi connectivity index (χ4n) is 2.19. The van der Waals surface area contributed by atoms with E-state index < -0.39 is 0 Å². The van der Waals surface area contributed by atoms with Gasteiger partial charge in [0.1, 0.15) is 5.69 Å². The molecule has 1 fully saturated rings. The van der Waals surface area contributed by atoms with E-state index in [0.717, 1.165) is 24.6 Å². The van der Waals surface area contributed by atoms with E-state index >= 15 is 0 Å². The summed E-state index contributed by atoms with van der Waals surface area (Å²) < 4.78 is 1.73. The number of hydrogen-bond donors (Lipinski definition) is 0. The summed E-state index contributed by atoms with van der Waals surface area (Å²) in [5, 5.41) is 4.70. The van der Waals surface area contributed by atoms with Crippen LogP contribution in [0.25, 0.3) is 0 Å². The lowest BCUT2D eigenvalue weighted by molar-refractivity contribution is 0.0862. The van der Waals surface area contributed by atoms with Crippen molar-refractivity contribution >= 4 is 29.1 Å². The van der Waals surface area contributed by atoms with Crippen molar-refractivity contribution in [1.82, 2.24) is 19.6 Å². The van der Waals surface area contributed by atoms with Gasteiger partial charge in [0.05, 0.1) is 23.8 Å². The van der Waals surface area contributed by atoms with E-state index in [0.29, 0.717) is 17.3 Å². The standard InChI is InChI=1S/C13H21ClN4OS/c1-16(2)4-5-18-12(10(14)8-15-18)13(19)11-9-20-7-6-17(11)3/h8,11H,4-7,9H2,1-3H3. The van der Waals surface area contributed by atoms with Gasteiger partial charge in [-0.05, 0) is 21.1 Å². The minimum absolute atomic E-state index is 0.0842. The van der Waals surface area contributed by atoms with Gasteiger partial charge in [-0.1, -0.05) is 11.6 Å². The molecule has 2 heterocycles. The first-order chi connectivity index (χ1) is 9.50. The molecule has 7 heteroatoms. The third kappa shape index (κ3) is 3.55. The van der Waals surface area contributed by atoms with Crippen LogP contribution in [0, 0.1) is 0 Å². The predicted molar refractivity (Wildman–Crippen MR) is 83.9 cm³/mol. The van der Waals surface area contributed by atoms with Crippen LogP contribution in [-0.2, 0) is 6.54 Å². The van der Waals surface area contributed by atoms with Crippen molar-refractivity contribution in [2.45, 2.75) is 12.6 Å². The molecule has 2 rings (SSSR count). The van der Waals surface area contributed by atoms with Crippen LogP contribution in [-0.4, -0.2) is 77.1 Å². The molecular formula is C13H21ClN4OS. The highest BCUT2D eigenvalue weighted by atomic mass is 35.5. The molecule has 20 heavy (non-hydrogen) atoms. The second kappa shape index (κ2) is 6.93. The summed E-state index contributed by atoms with van der Waals surface area (Å²) in [4.78, 5) is 16.9. The number of likely N-dealkylation sites (N-methyl/N-ethyl adjacent to an activating group) is 2. The predicted octanol–water partition coefficient (Wildman–Crippen LogP) is 1.33. The number of rotatable bonds is 5. The zero-order valence-electron chi connectivity index (χ0n) is 12.2. The minimum Gasteiger partial charge on any atom is -0.308 e. The van der Waals surface area contributed by atoms with E-state index in [-0.39, 0.29) is 11.8 Å². The van der Waals surface area contributed by atoms with Gasteiger partial charge in [-0.15, -0.1) is 0 Å². The number of ketones is 1. The van der Waals surface area contributed by atoms with Crippen LogP contribution in [0.3, 0.4) is 0 Å². The summed E-state index contributed by atoms with van der Waals surface area (Å²) in [5.74, 6) is 1.99. The van der Waals surface area contributed by atoms with Crippen LogP contribution >= 0.6 is 23.4 Å². The average molecular weight is 317 g/mol. The molecule has 0 radical (unpaired) electrons. The lowest BCUT2D eigenvalue weighted by Gasteiger charge is -2.31. The summed E-state index contributed by atoms with van der Waals surface area (Å²) in [6.45, 7) is 2.43. The summed E-state index contributed by atoms with van der Waals surface area (Å²) in [5.41, 5.74) is 0.549. The number of halogens is 1. The molecule has 1 atom stereocenters. The molecule has 1 aromatic heterocycles. The van der Waals surface area contributed by atoms with Gasteiger partial charge >= 0.3 is 0 Å². The third-order valence-electron chi connectivity index (χ3n) is 3.49. The van der Waals surface area contributed by atoms with E-state index in [9.17, 15) is 4.79 Å². The molecule has 1 saturated heterocycles. The van der Waals surface area contributed by atoms with Crippen LogP contribution in [0.15, 0.2) is 6.20 Å². The number of aromatic nitrogens is 2. The van der Waals surface area contributed by atoms with Crippen molar-refractivity contribution in [3.63, 3.8) is 0 Å². The zero-order valence-corrected chi connectivity index (χ0v) is 13.7. The molecule has 0 N–H and O–H groups in total. The Kier molecular flexibility index (Phi) is 5.49. The van der Waals surface area contributed by atoms with Crippen molar-refractivity contribution in [2.24, 2.45) is 0 Å². The molecule has 1 unspecified atom stereocenters. The molecule has 112 valence electrons. The summed E-state index contributed by atoms with van der Waals surface area (Å²) in [7, 11) is 5.99. The van der Waals surface area contributed by atoms with Crippen molar-refractivity contribution in [1.29, 1.82) is 0 Å². The smallest absolute Gasteiger partial charge is 0.200 e. The fraction of sp³-hybridized carbons (Fsp3) is 0.692. The second-order valence-electron chi connectivity index (χ2n) is 5.30. The number of hydrogen-bond acceptors (Lipinski definition) is 5. The van der Waals surface area contributed by atoms with E-state index in [1.54, 1.807) is 10.9 Å². The highest BCUT2D eigenvalue weighted by Gasteiger charge is 2.31. The Morgan fingerprint density at radius 2 is 2.35 bits per heavy atom. The topological polar surface area (TPSA) is 41.4 Å². The highest BCUT2D eigenvalue weighted by molar-refractivity contribution is 7.99. The zero-order chi connectivity index (χ0) is 14.7. The molecule has 0 spiro atoms. The molecule has 1 aliphatic rings. The number of Topliss-reactive ketones (excluding diaryl/α,β-unsaturated/α-hetero) is 1. The SMILES string of the molecule is CN(C)CCn1ncc(Cl)c1C(=O)C1CSCCN1C. The molecule has 1 aliphatic heterocycles. The fourth-order valence-corrected chi connectivity index (χ4v) is 3.64. The van der Waals surface area contributed by atoms with Crippen LogP contribution < -0.4 is 0 Å². The first-order valence-corrected chi connectivity index (χ1v) is 8.22. The molecular weight excluding hydrogens is 296 g/mol. The van der Waals surface area contributed by atoms with Gasteiger partial charge in [0.25, 0.3) is 0 Å². The Bertz CT molecular complexity index is 477. The van der Waals surface area contributed by atoms with Gasteiger partial charge in [-0.25, -0.2) is 0 Å². The van der Waals surface area contributed by atoms with Crippen LogP contribution in [0.2, 0.25) is 5.02 Å². The summed E-state index contributed by atoms with van der Waals surface area (Å²) in [6.07, 6.45) is 1.57. The maximum atomic E-state index is 12.7. The largest absolute Gasteiger partial charge is 0.308 e. The summed E-state index contributed by atoms with van der Waals surface area (Å²) in [6, 6.07) is -0.0962. The van der Waals surface area contributed by atoms with Crippen molar-refractivity contribution in [3.8, 4) is 0 Å². The Labute approximate surface area is 129 Å². The maximum absolute atomic E-state index is 12.7. The molecule has 0 aromatic carbocycles. The molecule has 5 nitrogen and oxygen atoms in total. The van der Waals surface area contributed by atoms with E-state index in [4.69, 9.17) is 11.6 Å². The third-order valence-corrected chi connectivity index (χ3v) is 4.79.